The smallest absolute Gasteiger partial charge is 0.126 e. The number of ether oxygens (including phenoxy) is 2. The lowest BCUT2D eigenvalue weighted by atomic mass is 9.99. The van der Waals surface area contributed by atoms with E-state index in [9.17, 15) is 0 Å². The first-order chi connectivity index (χ1) is 12.3. The van der Waals surface area contributed by atoms with Crippen LogP contribution in [0.1, 0.15) is 30.7 Å². The number of hydrogen-bond donors (Lipinski definition) is 1. The molecule has 134 valence electrons. The molecule has 5 heteroatoms. The fraction of sp³-hybridized carbons (Fsp3) is 0.450. The molecular weight excluding hydrogens is 314 g/mol. The lowest BCUT2D eigenvalue weighted by molar-refractivity contribution is 0.0833. The van der Waals surface area contributed by atoms with Gasteiger partial charge in [0, 0.05) is 43.9 Å². The second-order valence-corrected chi connectivity index (χ2v) is 6.21. The van der Waals surface area contributed by atoms with Gasteiger partial charge in [-0.1, -0.05) is 30.4 Å². The molecule has 0 radical (unpaired) electrons. The average Bonchev–Trinajstić information content (AvgIpc) is 3.30. The van der Waals surface area contributed by atoms with Crippen LogP contribution in [0.5, 0.6) is 5.75 Å². The van der Waals surface area contributed by atoms with Crippen molar-refractivity contribution in [2.45, 2.75) is 26.0 Å². The van der Waals surface area contributed by atoms with Gasteiger partial charge in [-0.2, -0.15) is 5.10 Å². The van der Waals surface area contributed by atoms with Crippen LogP contribution in [0.15, 0.2) is 42.6 Å². The first kappa shape index (κ1) is 17.7. The number of nitrogens with one attached hydrogen (secondary N) is 1. The minimum Gasteiger partial charge on any atom is -0.496 e. The van der Waals surface area contributed by atoms with Crippen molar-refractivity contribution in [3.05, 3.63) is 53.9 Å². The Morgan fingerprint density at radius 3 is 3.08 bits per heavy atom. The Bertz CT molecular complexity index is 696. The highest BCUT2D eigenvalue weighted by Crippen LogP contribution is 2.33. The van der Waals surface area contributed by atoms with Gasteiger partial charge in [0.2, 0.25) is 0 Å². The molecule has 0 unspecified atom stereocenters. The molecule has 1 aliphatic heterocycles. The predicted molar refractivity (Wildman–Crippen MR) is 99.6 cm³/mol. The molecule has 3 rings (SSSR count). The van der Waals surface area contributed by atoms with Crippen molar-refractivity contribution in [3.63, 3.8) is 0 Å². The van der Waals surface area contributed by atoms with Crippen molar-refractivity contribution in [1.29, 1.82) is 0 Å². The number of rotatable bonds is 8. The molecule has 0 bridgehead atoms. The third kappa shape index (κ3) is 4.30. The summed E-state index contributed by atoms with van der Waals surface area (Å²) in [5.74, 6) is 1.39. The highest BCUT2D eigenvalue weighted by atomic mass is 16.5. The average molecular weight is 341 g/mol. The topological polar surface area (TPSA) is 48.3 Å². The van der Waals surface area contributed by atoms with Gasteiger partial charge in [0.15, 0.2) is 0 Å². The third-order valence-corrected chi connectivity index (χ3v) is 4.66. The molecule has 1 aromatic carbocycles. The number of aromatic nitrogens is 2. The Hall–Kier alpha value is -2.11. The standard InChI is InChI=1S/C20H27N3O2/c1-3-23-18(10-13-22-23)20-17(11-14-25-20)15-21-12-6-8-16-7-4-5-9-19(16)24-2/h4-10,13,17,20-21H,3,11-12,14-15H2,1-2H3/t17-,20+/m0/s1. The molecule has 2 atom stereocenters. The number of aryl methyl sites for hydroxylation is 1. The van der Waals surface area contributed by atoms with Gasteiger partial charge < -0.3 is 14.8 Å². The van der Waals surface area contributed by atoms with E-state index in [2.05, 4.69) is 41.6 Å². The summed E-state index contributed by atoms with van der Waals surface area (Å²) >= 11 is 0. The maximum atomic E-state index is 5.97. The Labute approximate surface area is 149 Å². The molecule has 0 saturated carbocycles. The minimum absolute atomic E-state index is 0.146. The van der Waals surface area contributed by atoms with E-state index in [0.29, 0.717) is 5.92 Å². The number of nitrogens with zero attached hydrogens (tertiary/aromatic N) is 2. The molecule has 25 heavy (non-hydrogen) atoms. The monoisotopic (exact) mass is 341 g/mol. The van der Waals surface area contributed by atoms with Crippen molar-refractivity contribution in [2.75, 3.05) is 26.8 Å². The van der Waals surface area contributed by atoms with Crippen LogP contribution in [0.2, 0.25) is 0 Å². The fourth-order valence-corrected chi connectivity index (χ4v) is 3.36. The van der Waals surface area contributed by atoms with Crippen LogP contribution in [-0.2, 0) is 11.3 Å². The van der Waals surface area contributed by atoms with Crippen molar-refractivity contribution in [2.24, 2.45) is 5.92 Å². The lowest BCUT2D eigenvalue weighted by Crippen LogP contribution is -2.26. The number of hydrogen-bond acceptors (Lipinski definition) is 4. The predicted octanol–water partition coefficient (Wildman–Crippen LogP) is 3.29. The summed E-state index contributed by atoms with van der Waals surface area (Å²) in [5, 5.41) is 7.89. The molecule has 1 fully saturated rings. The van der Waals surface area contributed by atoms with Crippen LogP contribution in [0.4, 0.5) is 0 Å². The van der Waals surface area contributed by atoms with Crippen molar-refractivity contribution >= 4 is 6.08 Å². The zero-order valence-corrected chi connectivity index (χ0v) is 15.0. The Balaban J connectivity index is 1.51. The van der Waals surface area contributed by atoms with E-state index in [4.69, 9.17) is 9.47 Å². The Morgan fingerprint density at radius 2 is 2.24 bits per heavy atom. The second-order valence-electron chi connectivity index (χ2n) is 6.21. The summed E-state index contributed by atoms with van der Waals surface area (Å²) in [6.07, 6.45) is 7.33. The lowest BCUT2D eigenvalue weighted by Gasteiger charge is -2.19. The van der Waals surface area contributed by atoms with Gasteiger partial charge in [-0.25, -0.2) is 0 Å². The van der Waals surface area contributed by atoms with E-state index < -0.39 is 0 Å². The number of methoxy groups -OCH3 is 1. The Kier molecular flexibility index (Phi) is 6.25. The molecule has 1 aromatic heterocycles. The second kappa shape index (κ2) is 8.83. The summed E-state index contributed by atoms with van der Waals surface area (Å²) in [4.78, 5) is 0. The molecule has 0 amide bonds. The van der Waals surface area contributed by atoms with Crippen LogP contribution < -0.4 is 10.1 Å². The third-order valence-electron chi connectivity index (χ3n) is 4.66. The maximum absolute atomic E-state index is 5.97. The van der Waals surface area contributed by atoms with E-state index in [1.807, 2.05) is 29.1 Å². The van der Waals surface area contributed by atoms with Crippen LogP contribution in [0.3, 0.4) is 0 Å². The summed E-state index contributed by atoms with van der Waals surface area (Å²) in [5.41, 5.74) is 2.29. The van der Waals surface area contributed by atoms with Gasteiger partial charge in [0.1, 0.15) is 11.9 Å². The molecule has 1 N–H and O–H groups in total. The molecule has 0 aliphatic carbocycles. The number of benzene rings is 1. The first-order valence-corrected chi connectivity index (χ1v) is 8.97. The molecule has 2 heterocycles. The normalized spacial score (nSPS) is 20.4. The first-order valence-electron chi connectivity index (χ1n) is 8.97. The van der Waals surface area contributed by atoms with Gasteiger partial charge in [0.25, 0.3) is 0 Å². The van der Waals surface area contributed by atoms with E-state index in [1.165, 1.54) is 5.69 Å². The van der Waals surface area contributed by atoms with Crippen molar-refractivity contribution < 1.29 is 9.47 Å². The van der Waals surface area contributed by atoms with E-state index >= 15 is 0 Å². The minimum atomic E-state index is 0.146. The van der Waals surface area contributed by atoms with Crippen molar-refractivity contribution in [1.82, 2.24) is 15.1 Å². The molecule has 5 nitrogen and oxygen atoms in total. The van der Waals surface area contributed by atoms with Crippen LogP contribution in [0, 0.1) is 5.92 Å². The Morgan fingerprint density at radius 1 is 1.36 bits per heavy atom. The zero-order valence-electron chi connectivity index (χ0n) is 15.0. The number of para-hydroxylation sites is 1. The van der Waals surface area contributed by atoms with Gasteiger partial charge in [0.05, 0.1) is 12.8 Å². The van der Waals surface area contributed by atoms with Gasteiger partial charge in [-0.3, -0.25) is 4.68 Å². The molecule has 0 spiro atoms. The van der Waals surface area contributed by atoms with Gasteiger partial charge in [-0.05, 0) is 25.5 Å². The van der Waals surface area contributed by atoms with Gasteiger partial charge >= 0.3 is 0 Å². The highest BCUT2D eigenvalue weighted by molar-refractivity contribution is 5.57. The molecular formula is C20H27N3O2. The van der Waals surface area contributed by atoms with E-state index in [1.54, 1.807) is 7.11 Å². The summed E-state index contributed by atoms with van der Waals surface area (Å²) < 4.78 is 13.4. The zero-order chi connectivity index (χ0) is 17.5. The molecule has 1 saturated heterocycles. The molecule has 1 aliphatic rings. The fourth-order valence-electron chi connectivity index (χ4n) is 3.36. The quantitative estimate of drug-likeness (QED) is 0.749. The van der Waals surface area contributed by atoms with E-state index in [-0.39, 0.29) is 6.10 Å². The maximum Gasteiger partial charge on any atom is 0.126 e. The largest absolute Gasteiger partial charge is 0.496 e. The van der Waals surface area contributed by atoms with Gasteiger partial charge in [-0.15, -0.1) is 0 Å². The van der Waals surface area contributed by atoms with Crippen LogP contribution in [0.25, 0.3) is 6.08 Å². The summed E-state index contributed by atoms with van der Waals surface area (Å²) in [6, 6.07) is 10.1. The molecule has 2 aromatic rings. The van der Waals surface area contributed by atoms with E-state index in [0.717, 1.165) is 44.0 Å². The summed E-state index contributed by atoms with van der Waals surface area (Å²) in [7, 11) is 1.70. The highest BCUT2D eigenvalue weighted by Gasteiger charge is 2.31. The van der Waals surface area contributed by atoms with Crippen molar-refractivity contribution in [3.8, 4) is 5.75 Å². The van der Waals surface area contributed by atoms with Crippen LogP contribution >= 0.6 is 0 Å². The SMILES string of the molecule is CCn1nccc1[C@@H]1OCC[C@H]1CNCC=Cc1ccccc1OC. The van der Waals surface area contributed by atoms with Crippen LogP contribution in [-0.4, -0.2) is 36.6 Å². The summed E-state index contributed by atoms with van der Waals surface area (Å²) in [6.45, 7) is 5.58.